The molecule has 0 fully saturated rings. The summed E-state index contributed by atoms with van der Waals surface area (Å²) in [5.74, 6) is -0.338. The molecule has 23 heavy (non-hydrogen) atoms. The standard InChI is InChI=1S/C17H18N2O3S/c1-11-8-12(2)15(13(3)9-11)10-19-17(20)14-6-4-5-7-16(14)23(21,22)18-19/h4-9,18H,10H2,1-3H3. The third-order valence-electron chi connectivity index (χ3n) is 4.04. The topological polar surface area (TPSA) is 66.5 Å². The highest BCUT2D eigenvalue weighted by Gasteiger charge is 2.34. The SMILES string of the molecule is Cc1cc(C)c(CN2NS(=O)(=O)c3ccccc3C2=O)c(C)c1. The molecule has 0 spiro atoms. The van der Waals surface area contributed by atoms with E-state index in [9.17, 15) is 13.2 Å². The molecule has 1 aliphatic heterocycles. The average molecular weight is 330 g/mol. The Balaban J connectivity index is 2.02. The zero-order valence-electron chi connectivity index (χ0n) is 13.3. The number of sulfonamides is 1. The van der Waals surface area contributed by atoms with Crippen LogP contribution < -0.4 is 4.83 Å². The summed E-state index contributed by atoms with van der Waals surface area (Å²) in [5, 5.41) is 1.17. The second-order valence-corrected chi connectivity index (χ2v) is 7.49. The lowest BCUT2D eigenvalue weighted by atomic mass is 9.99. The van der Waals surface area contributed by atoms with Gasteiger partial charge in [-0.3, -0.25) is 9.80 Å². The summed E-state index contributed by atoms with van der Waals surface area (Å²) in [6.45, 7) is 6.14. The van der Waals surface area contributed by atoms with Crippen molar-refractivity contribution in [3.63, 3.8) is 0 Å². The number of fused-ring (bicyclic) bond motifs is 1. The monoisotopic (exact) mass is 330 g/mol. The molecule has 0 bridgehead atoms. The molecular weight excluding hydrogens is 312 g/mol. The van der Waals surface area contributed by atoms with E-state index >= 15 is 0 Å². The summed E-state index contributed by atoms with van der Waals surface area (Å²) in [7, 11) is -3.72. The summed E-state index contributed by atoms with van der Waals surface area (Å²) in [5.41, 5.74) is 4.36. The predicted octanol–water partition coefficient (Wildman–Crippen LogP) is 2.46. The Kier molecular flexibility index (Phi) is 3.74. The Morgan fingerprint density at radius 2 is 1.65 bits per heavy atom. The summed E-state index contributed by atoms with van der Waals surface area (Å²) in [4.78, 5) is 15.0. The lowest BCUT2D eigenvalue weighted by Gasteiger charge is -2.29. The number of nitrogens with zero attached hydrogens (tertiary/aromatic N) is 1. The molecule has 0 atom stereocenters. The van der Waals surface area contributed by atoms with E-state index in [1.54, 1.807) is 12.1 Å². The van der Waals surface area contributed by atoms with Crippen LogP contribution in [0.5, 0.6) is 0 Å². The minimum Gasteiger partial charge on any atom is -0.268 e. The van der Waals surface area contributed by atoms with Crippen molar-refractivity contribution in [2.45, 2.75) is 32.2 Å². The molecule has 0 saturated heterocycles. The molecule has 5 nitrogen and oxygen atoms in total. The second-order valence-electron chi connectivity index (χ2n) is 5.86. The van der Waals surface area contributed by atoms with Crippen molar-refractivity contribution in [3.05, 3.63) is 64.2 Å². The van der Waals surface area contributed by atoms with Gasteiger partial charge < -0.3 is 0 Å². The summed E-state index contributed by atoms with van der Waals surface area (Å²) in [6.07, 6.45) is 0. The fraction of sp³-hybridized carbons (Fsp3) is 0.235. The van der Waals surface area contributed by atoms with Crippen molar-refractivity contribution < 1.29 is 13.2 Å². The van der Waals surface area contributed by atoms with Gasteiger partial charge in [0.25, 0.3) is 15.9 Å². The maximum atomic E-state index is 12.6. The first-order valence-electron chi connectivity index (χ1n) is 7.29. The van der Waals surface area contributed by atoms with Gasteiger partial charge in [0.05, 0.1) is 17.0 Å². The molecule has 2 aromatic rings. The fourth-order valence-electron chi connectivity index (χ4n) is 2.98. The molecule has 120 valence electrons. The van der Waals surface area contributed by atoms with E-state index in [4.69, 9.17) is 0 Å². The van der Waals surface area contributed by atoms with Crippen LogP contribution in [0.25, 0.3) is 0 Å². The van der Waals surface area contributed by atoms with E-state index in [1.165, 1.54) is 17.1 Å². The van der Waals surface area contributed by atoms with Crippen molar-refractivity contribution in [3.8, 4) is 0 Å². The number of carbonyl (C=O) groups excluding carboxylic acids is 1. The van der Waals surface area contributed by atoms with Crippen LogP contribution in [-0.2, 0) is 16.6 Å². The Labute approximate surface area is 136 Å². The highest BCUT2D eigenvalue weighted by Crippen LogP contribution is 2.25. The van der Waals surface area contributed by atoms with Gasteiger partial charge in [0.2, 0.25) is 0 Å². The van der Waals surface area contributed by atoms with Crippen LogP contribution in [0.2, 0.25) is 0 Å². The van der Waals surface area contributed by atoms with Crippen molar-refractivity contribution in [1.29, 1.82) is 0 Å². The van der Waals surface area contributed by atoms with E-state index in [0.717, 1.165) is 22.3 Å². The summed E-state index contributed by atoms with van der Waals surface area (Å²) in [6, 6.07) is 10.3. The molecule has 2 aromatic carbocycles. The average Bonchev–Trinajstić information content (AvgIpc) is 2.48. The molecule has 0 unspecified atom stereocenters. The molecule has 6 heteroatoms. The first kappa shape index (κ1) is 15.7. The second kappa shape index (κ2) is 5.47. The van der Waals surface area contributed by atoms with E-state index in [-0.39, 0.29) is 22.9 Å². The molecule has 0 saturated carbocycles. The highest BCUT2D eigenvalue weighted by molar-refractivity contribution is 7.89. The van der Waals surface area contributed by atoms with Crippen molar-refractivity contribution in [2.24, 2.45) is 0 Å². The van der Waals surface area contributed by atoms with Crippen LogP contribution >= 0.6 is 0 Å². The number of hydrogen-bond acceptors (Lipinski definition) is 3. The van der Waals surface area contributed by atoms with Crippen LogP contribution in [0.4, 0.5) is 0 Å². The first-order chi connectivity index (χ1) is 10.8. The highest BCUT2D eigenvalue weighted by atomic mass is 32.2. The molecule has 1 N–H and O–H groups in total. The van der Waals surface area contributed by atoms with E-state index in [2.05, 4.69) is 4.83 Å². The van der Waals surface area contributed by atoms with Crippen molar-refractivity contribution in [2.75, 3.05) is 0 Å². The van der Waals surface area contributed by atoms with E-state index in [1.807, 2.05) is 32.9 Å². The summed E-state index contributed by atoms with van der Waals surface area (Å²) < 4.78 is 24.7. The largest absolute Gasteiger partial charge is 0.270 e. The minimum absolute atomic E-state index is 0.0265. The van der Waals surface area contributed by atoms with Crippen molar-refractivity contribution >= 4 is 15.9 Å². The predicted molar refractivity (Wildman–Crippen MR) is 87.3 cm³/mol. The number of hydrogen-bond donors (Lipinski definition) is 1. The number of hydrazine groups is 1. The number of aryl methyl sites for hydroxylation is 3. The van der Waals surface area contributed by atoms with Crippen LogP contribution in [0, 0.1) is 20.8 Å². The summed E-state index contributed by atoms with van der Waals surface area (Å²) >= 11 is 0. The van der Waals surface area contributed by atoms with Crippen LogP contribution in [-0.4, -0.2) is 19.3 Å². The van der Waals surface area contributed by atoms with Crippen LogP contribution in [0.15, 0.2) is 41.3 Å². The van der Waals surface area contributed by atoms with Gasteiger partial charge in [-0.1, -0.05) is 29.8 Å². The smallest absolute Gasteiger partial charge is 0.268 e. The minimum atomic E-state index is -3.72. The Hall–Kier alpha value is -2.18. The first-order valence-corrected chi connectivity index (χ1v) is 8.78. The van der Waals surface area contributed by atoms with Gasteiger partial charge >= 0.3 is 0 Å². The number of nitrogens with one attached hydrogen (secondary N) is 1. The third kappa shape index (κ3) is 2.75. The molecule has 0 radical (unpaired) electrons. The van der Waals surface area contributed by atoms with E-state index < -0.39 is 10.0 Å². The number of benzene rings is 2. The molecule has 0 aliphatic carbocycles. The normalized spacial score (nSPS) is 16.3. The van der Waals surface area contributed by atoms with Gasteiger partial charge in [0.1, 0.15) is 0 Å². The Morgan fingerprint density at radius 1 is 1.04 bits per heavy atom. The zero-order chi connectivity index (χ0) is 16.8. The maximum absolute atomic E-state index is 12.6. The van der Waals surface area contributed by atoms with Crippen LogP contribution in [0.3, 0.4) is 0 Å². The van der Waals surface area contributed by atoms with Gasteiger partial charge in [0.15, 0.2) is 0 Å². The third-order valence-corrected chi connectivity index (χ3v) is 5.43. The lowest BCUT2D eigenvalue weighted by molar-refractivity contribution is 0.0687. The van der Waals surface area contributed by atoms with Gasteiger partial charge in [-0.05, 0) is 49.6 Å². The molecule has 1 amide bonds. The fourth-order valence-corrected chi connectivity index (χ4v) is 4.22. The number of carbonyl (C=O) groups is 1. The Morgan fingerprint density at radius 3 is 2.30 bits per heavy atom. The molecule has 1 aliphatic rings. The molecular formula is C17H18N2O3S. The van der Waals surface area contributed by atoms with Gasteiger partial charge in [-0.2, -0.15) is 0 Å². The molecule has 0 aromatic heterocycles. The quantitative estimate of drug-likeness (QED) is 0.920. The Bertz CT molecular complexity index is 881. The van der Waals surface area contributed by atoms with E-state index in [0.29, 0.717) is 0 Å². The molecule has 3 rings (SSSR count). The maximum Gasteiger partial charge on any atom is 0.270 e. The van der Waals surface area contributed by atoms with Gasteiger partial charge in [0, 0.05) is 0 Å². The zero-order valence-corrected chi connectivity index (χ0v) is 14.1. The lowest BCUT2D eigenvalue weighted by Crippen LogP contribution is -2.50. The number of amides is 1. The van der Waals surface area contributed by atoms with Gasteiger partial charge in [-0.15, -0.1) is 4.83 Å². The number of rotatable bonds is 2. The molecule has 1 heterocycles. The van der Waals surface area contributed by atoms with Crippen LogP contribution in [0.1, 0.15) is 32.6 Å². The van der Waals surface area contributed by atoms with Crippen molar-refractivity contribution in [1.82, 2.24) is 9.84 Å². The van der Waals surface area contributed by atoms with Gasteiger partial charge in [-0.25, -0.2) is 8.42 Å².